The van der Waals surface area contributed by atoms with Crippen molar-refractivity contribution < 1.29 is 23.9 Å². The fourth-order valence-electron chi connectivity index (χ4n) is 2.63. The second kappa shape index (κ2) is 10.0. The minimum atomic E-state index is -0.686. The molecule has 0 fully saturated rings. The second-order valence-electron chi connectivity index (χ2n) is 6.44. The van der Waals surface area contributed by atoms with Crippen molar-refractivity contribution in [3.8, 4) is 11.5 Å². The van der Waals surface area contributed by atoms with Crippen LogP contribution in [-0.2, 0) is 9.59 Å². The number of aromatic nitrogens is 1. The average Bonchev–Trinajstić information content (AvgIpc) is 2.69. The number of fused-ring (bicyclic) bond motifs is 1. The molecule has 0 saturated heterocycles. The van der Waals surface area contributed by atoms with Gasteiger partial charge in [0.25, 0.3) is 0 Å². The number of rotatable bonds is 6. The molecule has 0 atom stereocenters. The van der Waals surface area contributed by atoms with Crippen LogP contribution in [0.3, 0.4) is 0 Å². The maximum atomic E-state index is 12.1. The standard InChI is InChI=1S/C19H20BrN5O5/c1-25(10-17(26)23-16-5-2-12(20)9-21-16)11-18(27)24-19(28)22-13-3-4-14-15(8-13)30-7-6-29-14/h2-5,8-9H,6-7,10-11H2,1H3,(H,21,23,26)(H2,22,24,27,28). The third kappa shape index (κ3) is 6.42. The van der Waals surface area contributed by atoms with Crippen molar-refractivity contribution in [2.75, 3.05) is 44.0 Å². The number of likely N-dealkylation sites (N-methyl/N-ethyl adjacent to an activating group) is 1. The molecule has 1 aliphatic heterocycles. The number of nitrogens with one attached hydrogen (secondary N) is 3. The van der Waals surface area contributed by atoms with Gasteiger partial charge in [0, 0.05) is 22.4 Å². The molecule has 0 spiro atoms. The van der Waals surface area contributed by atoms with E-state index in [-0.39, 0.29) is 19.0 Å². The highest BCUT2D eigenvalue weighted by atomic mass is 79.9. The third-order valence-electron chi connectivity index (χ3n) is 3.87. The Morgan fingerprint density at radius 3 is 2.50 bits per heavy atom. The Morgan fingerprint density at radius 1 is 1.03 bits per heavy atom. The summed E-state index contributed by atoms with van der Waals surface area (Å²) in [6.45, 7) is 0.712. The highest BCUT2D eigenvalue weighted by Gasteiger charge is 2.16. The molecule has 3 rings (SSSR count). The van der Waals surface area contributed by atoms with Gasteiger partial charge in [-0.05, 0) is 47.2 Å². The van der Waals surface area contributed by atoms with E-state index in [1.54, 1.807) is 43.6 Å². The van der Waals surface area contributed by atoms with Crippen LogP contribution in [0.4, 0.5) is 16.3 Å². The summed E-state index contributed by atoms with van der Waals surface area (Å²) in [4.78, 5) is 41.6. The second-order valence-corrected chi connectivity index (χ2v) is 7.36. The van der Waals surface area contributed by atoms with Crippen LogP contribution >= 0.6 is 15.9 Å². The molecule has 2 aromatic rings. The molecule has 0 bridgehead atoms. The fraction of sp³-hybridized carbons (Fsp3) is 0.263. The van der Waals surface area contributed by atoms with Gasteiger partial charge < -0.3 is 20.1 Å². The summed E-state index contributed by atoms with van der Waals surface area (Å²) in [6.07, 6.45) is 1.56. The van der Waals surface area contributed by atoms with E-state index in [0.29, 0.717) is 36.2 Å². The number of ether oxygens (including phenoxy) is 2. The number of urea groups is 1. The molecule has 11 heteroatoms. The van der Waals surface area contributed by atoms with Crippen LogP contribution in [0.15, 0.2) is 41.0 Å². The zero-order chi connectivity index (χ0) is 21.5. The molecule has 0 saturated carbocycles. The predicted molar refractivity (Wildman–Crippen MR) is 113 cm³/mol. The smallest absolute Gasteiger partial charge is 0.325 e. The number of halogens is 1. The Balaban J connectivity index is 1.42. The van der Waals surface area contributed by atoms with E-state index in [2.05, 4.69) is 36.9 Å². The summed E-state index contributed by atoms with van der Waals surface area (Å²) < 4.78 is 11.7. The van der Waals surface area contributed by atoms with E-state index in [4.69, 9.17) is 9.47 Å². The Bertz CT molecular complexity index is 937. The van der Waals surface area contributed by atoms with Gasteiger partial charge >= 0.3 is 6.03 Å². The van der Waals surface area contributed by atoms with Crippen LogP contribution in [0.25, 0.3) is 0 Å². The lowest BCUT2D eigenvalue weighted by molar-refractivity contribution is -0.122. The van der Waals surface area contributed by atoms with Crippen molar-refractivity contribution in [2.45, 2.75) is 0 Å². The van der Waals surface area contributed by atoms with Crippen LogP contribution < -0.4 is 25.4 Å². The van der Waals surface area contributed by atoms with E-state index in [1.165, 1.54) is 4.90 Å². The topological polar surface area (TPSA) is 122 Å². The summed E-state index contributed by atoms with van der Waals surface area (Å²) in [5, 5.41) is 7.40. The molecule has 0 aliphatic carbocycles. The van der Waals surface area contributed by atoms with Gasteiger partial charge in [-0.1, -0.05) is 0 Å². The molecule has 30 heavy (non-hydrogen) atoms. The van der Waals surface area contributed by atoms with Crippen molar-refractivity contribution >= 4 is 45.3 Å². The summed E-state index contributed by atoms with van der Waals surface area (Å²) in [5.41, 5.74) is 0.458. The molecule has 10 nitrogen and oxygen atoms in total. The third-order valence-corrected chi connectivity index (χ3v) is 4.34. The quantitative estimate of drug-likeness (QED) is 0.579. The first-order chi connectivity index (χ1) is 14.4. The molecule has 4 amide bonds. The zero-order valence-corrected chi connectivity index (χ0v) is 17.7. The largest absolute Gasteiger partial charge is 0.486 e. The molecule has 1 aromatic heterocycles. The van der Waals surface area contributed by atoms with Crippen LogP contribution in [0, 0.1) is 0 Å². The summed E-state index contributed by atoms with van der Waals surface area (Å²) in [6, 6.07) is 7.65. The maximum absolute atomic E-state index is 12.1. The monoisotopic (exact) mass is 477 g/mol. The molecule has 2 heterocycles. The van der Waals surface area contributed by atoms with E-state index in [0.717, 1.165) is 4.47 Å². The first-order valence-corrected chi connectivity index (χ1v) is 9.79. The molecule has 1 aliphatic rings. The van der Waals surface area contributed by atoms with Gasteiger partial charge in [0.1, 0.15) is 19.0 Å². The molecular formula is C19H20BrN5O5. The van der Waals surface area contributed by atoms with Gasteiger partial charge in [0.05, 0.1) is 13.1 Å². The lowest BCUT2D eigenvalue weighted by atomic mass is 10.2. The Morgan fingerprint density at radius 2 is 1.77 bits per heavy atom. The number of imide groups is 1. The summed E-state index contributed by atoms with van der Waals surface area (Å²) in [5.74, 6) is 0.640. The van der Waals surface area contributed by atoms with Crippen LogP contribution in [0.5, 0.6) is 11.5 Å². The summed E-state index contributed by atoms with van der Waals surface area (Å²) in [7, 11) is 1.59. The zero-order valence-electron chi connectivity index (χ0n) is 16.1. The van der Waals surface area contributed by atoms with Gasteiger partial charge in [-0.25, -0.2) is 9.78 Å². The number of hydrogen-bond donors (Lipinski definition) is 3. The number of amides is 4. The fourth-order valence-corrected chi connectivity index (χ4v) is 2.86. The lowest BCUT2D eigenvalue weighted by Crippen LogP contribution is -2.42. The first kappa shape index (κ1) is 21.5. The Labute approximate surface area is 181 Å². The predicted octanol–water partition coefficient (Wildman–Crippen LogP) is 1.83. The Hall–Kier alpha value is -3.18. The molecule has 0 radical (unpaired) electrons. The highest BCUT2D eigenvalue weighted by Crippen LogP contribution is 2.32. The molecule has 158 valence electrons. The van der Waals surface area contributed by atoms with Crippen LogP contribution in [0.1, 0.15) is 0 Å². The summed E-state index contributed by atoms with van der Waals surface area (Å²) >= 11 is 3.26. The minimum Gasteiger partial charge on any atom is -0.486 e. The van der Waals surface area contributed by atoms with E-state index in [1.807, 2.05) is 0 Å². The van der Waals surface area contributed by atoms with E-state index >= 15 is 0 Å². The lowest BCUT2D eigenvalue weighted by Gasteiger charge is -2.19. The SMILES string of the molecule is CN(CC(=O)NC(=O)Nc1ccc2c(c1)OCCO2)CC(=O)Nc1ccc(Br)cn1. The van der Waals surface area contributed by atoms with Crippen molar-refractivity contribution in [3.63, 3.8) is 0 Å². The number of anilines is 2. The van der Waals surface area contributed by atoms with Crippen molar-refractivity contribution in [1.29, 1.82) is 0 Å². The first-order valence-electron chi connectivity index (χ1n) is 8.99. The number of hydrogen-bond acceptors (Lipinski definition) is 7. The molecule has 3 N–H and O–H groups in total. The van der Waals surface area contributed by atoms with Crippen LogP contribution in [-0.4, -0.2) is 61.1 Å². The van der Waals surface area contributed by atoms with Gasteiger partial charge in [-0.2, -0.15) is 0 Å². The van der Waals surface area contributed by atoms with Crippen LogP contribution in [0.2, 0.25) is 0 Å². The van der Waals surface area contributed by atoms with Gasteiger partial charge in [0.2, 0.25) is 11.8 Å². The van der Waals surface area contributed by atoms with Crippen molar-refractivity contribution in [3.05, 3.63) is 41.0 Å². The van der Waals surface area contributed by atoms with Gasteiger partial charge in [-0.15, -0.1) is 0 Å². The number of carbonyl (C=O) groups excluding carboxylic acids is 3. The minimum absolute atomic E-state index is 0.0467. The normalized spacial score (nSPS) is 12.2. The highest BCUT2D eigenvalue weighted by molar-refractivity contribution is 9.10. The van der Waals surface area contributed by atoms with E-state index < -0.39 is 11.9 Å². The molecule has 0 unspecified atom stereocenters. The number of benzene rings is 1. The number of pyridine rings is 1. The van der Waals surface area contributed by atoms with Gasteiger partial charge in [-0.3, -0.25) is 19.8 Å². The number of nitrogens with zero attached hydrogens (tertiary/aromatic N) is 2. The molecular weight excluding hydrogens is 458 g/mol. The molecule has 1 aromatic carbocycles. The van der Waals surface area contributed by atoms with E-state index in [9.17, 15) is 14.4 Å². The Kier molecular flexibility index (Phi) is 7.20. The van der Waals surface area contributed by atoms with Crippen molar-refractivity contribution in [1.82, 2.24) is 15.2 Å². The van der Waals surface area contributed by atoms with Crippen molar-refractivity contribution in [2.24, 2.45) is 0 Å². The average molecular weight is 478 g/mol. The van der Waals surface area contributed by atoms with Gasteiger partial charge in [0.15, 0.2) is 11.5 Å². The maximum Gasteiger partial charge on any atom is 0.325 e. The number of carbonyl (C=O) groups is 3.